The standard InChI is InChI=1S/C11H12N4O/c1-7-3-5-9(6-4-7)12-11(16)10-8(2)13-15-14-10/h3-6H,1-2H3,(H,12,16)(H,13,14,15). The fraction of sp³-hybridized carbons (Fsp3) is 0.182. The molecule has 2 N–H and O–H groups in total. The number of H-pyrrole nitrogens is 1. The van der Waals surface area contributed by atoms with Crippen LogP contribution < -0.4 is 5.32 Å². The minimum Gasteiger partial charge on any atom is -0.321 e. The average Bonchev–Trinajstić information content (AvgIpc) is 2.68. The molecule has 0 bridgehead atoms. The number of anilines is 1. The van der Waals surface area contributed by atoms with E-state index < -0.39 is 0 Å². The normalized spacial score (nSPS) is 10.1. The van der Waals surface area contributed by atoms with Crippen molar-refractivity contribution in [2.75, 3.05) is 5.32 Å². The second-order valence-corrected chi connectivity index (χ2v) is 3.58. The molecule has 0 fully saturated rings. The molecular formula is C11H12N4O. The molecule has 0 saturated carbocycles. The number of hydrogen-bond acceptors (Lipinski definition) is 3. The number of nitrogens with zero attached hydrogens (tertiary/aromatic N) is 2. The van der Waals surface area contributed by atoms with Crippen LogP contribution in [0, 0.1) is 13.8 Å². The zero-order chi connectivity index (χ0) is 11.5. The maximum Gasteiger partial charge on any atom is 0.278 e. The Kier molecular flexibility index (Phi) is 2.68. The van der Waals surface area contributed by atoms with Crippen LogP contribution in [0.4, 0.5) is 5.69 Å². The van der Waals surface area contributed by atoms with Crippen molar-refractivity contribution < 1.29 is 4.79 Å². The first-order chi connectivity index (χ1) is 7.66. The molecule has 1 amide bonds. The van der Waals surface area contributed by atoms with Crippen molar-refractivity contribution in [1.29, 1.82) is 0 Å². The van der Waals surface area contributed by atoms with Gasteiger partial charge in [0.05, 0.1) is 5.69 Å². The van der Waals surface area contributed by atoms with E-state index in [0.29, 0.717) is 11.4 Å². The van der Waals surface area contributed by atoms with Crippen LogP contribution in [0.15, 0.2) is 24.3 Å². The summed E-state index contributed by atoms with van der Waals surface area (Å²) in [6, 6.07) is 7.57. The number of rotatable bonds is 2. The maximum absolute atomic E-state index is 11.7. The van der Waals surface area contributed by atoms with E-state index >= 15 is 0 Å². The molecule has 16 heavy (non-hydrogen) atoms. The van der Waals surface area contributed by atoms with E-state index in [-0.39, 0.29) is 5.91 Å². The number of aromatic amines is 1. The molecule has 0 unspecified atom stereocenters. The van der Waals surface area contributed by atoms with Gasteiger partial charge >= 0.3 is 0 Å². The lowest BCUT2D eigenvalue weighted by atomic mass is 10.2. The van der Waals surface area contributed by atoms with Crippen molar-refractivity contribution in [2.45, 2.75) is 13.8 Å². The first kappa shape index (κ1) is 10.4. The van der Waals surface area contributed by atoms with Crippen LogP contribution in [0.25, 0.3) is 0 Å². The van der Waals surface area contributed by atoms with Gasteiger partial charge in [-0.25, -0.2) is 0 Å². The zero-order valence-corrected chi connectivity index (χ0v) is 9.11. The lowest BCUT2D eigenvalue weighted by molar-refractivity contribution is 0.102. The highest BCUT2D eigenvalue weighted by atomic mass is 16.2. The number of benzene rings is 1. The topological polar surface area (TPSA) is 70.7 Å². The molecule has 0 aliphatic heterocycles. The molecule has 0 saturated heterocycles. The molecule has 2 aromatic rings. The van der Waals surface area contributed by atoms with Gasteiger partial charge in [-0.1, -0.05) is 17.7 Å². The van der Waals surface area contributed by atoms with Gasteiger partial charge in [0.2, 0.25) is 0 Å². The van der Waals surface area contributed by atoms with E-state index in [1.165, 1.54) is 0 Å². The molecule has 1 aromatic heterocycles. The maximum atomic E-state index is 11.7. The quantitative estimate of drug-likeness (QED) is 0.802. The van der Waals surface area contributed by atoms with Gasteiger partial charge in [0.25, 0.3) is 5.91 Å². The van der Waals surface area contributed by atoms with Gasteiger partial charge in [-0.2, -0.15) is 15.4 Å². The Labute approximate surface area is 92.9 Å². The molecule has 0 aliphatic carbocycles. The van der Waals surface area contributed by atoms with Crippen LogP contribution in [0.5, 0.6) is 0 Å². The van der Waals surface area contributed by atoms with Gasteiger partial charge in [0.15, 0.2) is 5.69 Å². The zero-order valence-electron chi connectivity index (χ0n) is 9.11. The van der Waals surface area contributed by atoms with E-state index in [4.69, 9.17) is 0 Å². The smallest absolute Gasteiger partial charge is 0.278 e. The van der Waals surface area contributed by atoms with E-state index in [0.717, 1.165) is 11.3 Å². The van der Waals surface area contributed by atoms with Crippen molar-refractivity contribution in [2.24, 2.45) is 0 Å². The Morgan fingerprint density at radius 1 is 1.19 bits per heavy atom. The van der Waals surface area contributed by atoms with Gasteiger partial charge in [0.1, 0.15) is 0 Å². The van der Waals surface area contributed by atoms with Gasteiger partial charge in [-0.15, -0.1) is 0 Å². The predicted molar refractivity (Wildman–Crippen MR) is 60.3 cm³/mol. The Bertz CT molecular complexity index is 501. The summed E-state index contributed by atoms with van der Waals surface area (Å²) in [5.74, 6) is -0.255. The Morgan fingerprint density at radius 2 is 1.88 bits per heavy atom. The number of hydrogen-bond donors (Lipinski definition) is 2. The first-order valence-corrected chi connectivity index (χ1v) is 4.92. The van der Waals surface area contributed by atoms with E-state index in [9.17, 15) is 4.79 Å². The summed E-state index contributed by atoms with van der Waals surface area (Å²) in [5.41, 5.74) is 2.80. The van der Waals surface area contributed by atoms with Gasteiger partial charge in [0, 0.05) is 5.69 Å². The number of carbonyl (C=O) groups excluding carboxylic acids is 1. The molecule has 2 rings (SSSR count). The van der Waals surface area contributed by atoms with Crippen LogP contribution in [0.1, 0.15) is 21.7 Å². The Hall–Kier alpha value is -2.17. The average molecular weight is 216 g/mol. The summed E-state index contributed by atoms with van der Waals surface area (Å²) in [6.07, 6.45) is 0. The highest BCUT2D eigenvalue weighted by Crippen LogP contribution is 2.10. The van der Waals surface area contributed by atoms with Crippen molar-refractivity contribution >= 4 is 11.6 Å². The Balaban J connectivity index is 2.14. The number of nitrogens with one attached hydrogen (secondary N) is 2. The summed E-state index contributed by atoms with van der Waals surface area (Å²) in [4.78, 5) is 11.7. The van der Waals surface area contributed by atoms with E-state index in [2.05, 4.69) is 20.7 Å². The lowest BCUT2D eigenvalue weighted by Gasteiger charge is -2.03. The number of carbonyl (C=O) groups is 1. The van der Waals surface area contributed by atoms with Crippen LogP contribution in [0.3, 0.4) is 0 Å². The largest absolute Gasteiger partial charge is 0.321 e. The SMILES string of the molecule is Cc1ccc(NC(=O)c2n[nH]nc2C)cc1. The third-order valence-corrected chi connectivity index (χ3v) is 2.25. The molecule has 1 aromatic carbocycles. The summed E-state index contributed by atoms with van der Waals surface area (Å²) in [5, 5.41) is 12.7. The second-order valence-electron chi connectivity index (χ2n) is 3.58. The van der Waals surface area contributed by atoms with Gasteiger partial charge in [-0.3, -0.25) is 4.79 Å². The van der Waals surface area contributed by atoms with Crippen LogP contribution >= 0.6 is 0 Å². The molecule has 5 nitrogen and oxygen atoms in total. The van der Waals surface area contributed by atoms with Crippen molar-refractivity contribution in [1.82, 2.24) is 15.4 Å². The minimum atomic E-state index is -0.255. The van der Waals surface area contributed by atoms with Crippen LogP contribution in [0.2, 0.25) is 0 Å². The monoisotopic (exact) mass is 216 g/mol. The molecular weight excluding hydrogens is 204 g/mol. The number of aryl methyl sites for hydroxylation is 2. The first-order valence-electron chi connectivity index (χ1n) is 4.92. The minimum absolute atomic E-state index is 0.255. The predicted octanol–water partition coefficient (Wildman–Crippen LogP) is 1.67. The van der Waals surface area contributed by atoms with Crippen molar-refractivity contribution in [3.8, 4) is 0 Å². The van der Waals surface area contributed by atoms with E-state index in [1.807, 2.05) is 31.2 Å². The molecule has 0 spiro atoms. The molecule has 0 aliphatic rings. The van der Waals surface area contributed by atoms with E-state index in [1.54, 1.807) is 6.92 Å². The molecule has 1 heterocycles. The van der Waals surface area contributed by atoms with Gasteiger partial charge in [-0.05, 0) is 26.0 Å². The van der Waals surface area contributed by atoms with Crippen LogP contribution in [-0.2, 0) is 0 Å². The third-order valence-electron chi connectivity index (χ3n) is 2.25. The van der Waals surface area contributed by atoms with Crippen molar-refractivity contribution in [3.05, 3.63) is 41.2 Å². The highest BCUT2D eigenvalue weighted by molar-refractivity contribution is 6.03. The summed E-state index contributed by atoms with van der Waals surface area (Å²) >= 11 is 0. The van der Waals surface area contributed by atoms with Gasteiger partial charge < -0.3 is 5.32 Å². The molecule has 0 radical (unpaired) electrons. The Morgan fingerprint density at radius 3 is 2.44 bits per heavy atom. The fourth-order valence-corrected chi connectivity index (χ4v) is 1.33. The summed E-state index contributed by atoms with van der Waals surface area (Å²) in [7, 11) is 0. The number of amides is 1. The third kappa shape index (κ3) is 2.08. The summed E-state index contributed by atoms with van der Waals surface area (Å²) in [6.45, 7) is 3.72. The number of aromatic nitrogens is 3. The molecule has 5 heteroatoms. The molecule has 0 atom stereocenters. The lowest BCUT2D eigenvalue weighted by Crippen LogP contribution is -2.13. The molecule has 82 valence electrons. The summed E-state index contributed by atoms with van der Waals surface area (Å²) < 4.78 is 0. The fourth-order valence-electron chi connectivity index (χ4n) is 1.33. The van der Waals surface area contributed by atoms with Crippen LogP contribution in [-0.4, -0.2) is 21.3 Å². The highest BCUT2D eigenvalue weighted by Gasteiger charge is 2.12. The van der Waals surface area contributed by atoms with Crippen molar-refractivity contribution in [3.63, 3.8) is 0 Å². The second kappa shape index (κ2) is 4.14.